The first-order valence-electron chi connectivity index (χ1n) is 9.69. The second-order valence-corrected chi connectivity index (χ2v) is 7.28. The Morgan fingerprint density at radius 3 is 2.31 bits per heavy atom. The zero-order valence-electron chi connectivity index (χ0n) is 16.3. The van der Waals surface area contributed by atoms with Gasteiger partial charge in [-0.2, -0.15) is 0 Å². The second kappa shape index (κ2) is 7.95. The highest BCUT2D eigenvalue weighted by Crippen LogP contribution is 2.31. The lowest BCUT2D eigenvalue weighted by atomic mass is 10.1. The Labute approximate surface area is 169 Å². The Balaban J connectivity index is 1.36. The maximum absolute atomic E-state index is 12.8. The van der Waals surface area contributed by atoms with Crippen LogP contribution in [-0.2, 0) is 9.59 Å². The molecule has 0 unspecified atom stereocenters. The summed E-state index contributed by atoms with van der Waals surface area (Å²) in [5.74, 6) is 0.227. The van der Waals surface area contributed by atoms with Crippen molar-refractivity contribution in [3.63, 3.8) is 0 Å². The van der Waals surface area contributed by atoms with Gasteiger partial charge in [-0.05, 0) is 31.2 Å². The predicted molar refractivity (Wildman–Crippen MR) is 108 cm³/mol. The number of piperazine rings is 1. The molecule has 0 radical (unpaired) electrons. The van der Waals surface area contributed by atoms with Gasteiger partial charge in [0.05, 0.1) is 5.69 Å². The molecule has 0 aliphatic carbocycles. The van der Waals surface area contributed by atoms with Crippen LogP contribution in [0.2, 0.25) is 0 Å². The molecule has 150 valence electrons. The zero-order valence-corrected chi connectivity index (χ0v) is 16.3. The minimum absolute atomic E-state index is 0.0191. The fraction of sp³-hybridized carbons (Fsp3) is 0.318. The lowest BCUT2D eigenvalue weighted by Crippen LogP contribution is -2.53. The number of anilines is 1. The van der Waals surface area contributed by atoms with Crippen molar-refractivity contribution in [1.82, 2.24) is 9.80 Å². The van der Waals surface area contributed by atoms with E-state index >= 15 is 0 Å². The molecule has 29 heavy (non-hydrogen) atoms. The number of carbonyl (C=O) groups excluding carboxylic acids is 3. The van der Waals surface area contributed by atoms with Crippen LogP contribution in [-0.4, -0.2) is 66.9 Å². The molecule has 0 bridgehead atoms. The van der Waals surface area contributed by atoms with E-state index in [2.05, 4.69) is 0 Å². The predicted octanol–water partition coefficient (Wildman–Crippen LogP) is 1.71. The molecular formula is C22H23N3O4. The van der Waals surface area contributed by atoms with Crippen LogP contribution in [0.3, 0.4) is 0 Å². The molecule has 2 heterocycles. The van der Waals surface area contributed by atoms with Gasteiger partial charge in [0.15, 0.2) is 6.61 Å². The van der Waals surface area contributed by atoms with Crippen molar-refractivity contribution in [2.24, 2.45) is 0 Å². The zero-order chi connectivity index (χ0) is 20.4. The van der Waals surface area contributed by atoms with Crippen molar-refractivity contribution in [1.29, 1.82) is 0 Å². The number of hydrogen-bond donors (Lipinski definition) is 0. The summed E-state index contributed by atoms with van der Waals surface area (Å²) >= 11 is 0. The van der Waals surface area contributed by atoms with Gasteiger partial charge in [-0.25, -0.2) is 0 Å². The fourth-order valence-electron chi connectivity index (χ4n) is 3.60. The molecule has 2 aliphatic heterocycles. The van der Waals surface area contributed by atoms with Crippen LogP contribution >= 0.6 is 0 Å². The van der Waals surface area contributed by atoms with Gasteiger partial charge in [-0.3, -0.25) is 19.3 Å². The quantitative estimate of drug-likeness (QED) is 0.796. The van der Waals surface area contributed by atoms with Gasteiger partial charge in [0.1, 0.15) is 12.3 Å². The summed E-state index contributed by atoms with van der Waals surface area (Å²) < 4.78 is 5.42. The van der Waals surface area contributed by atoms with E-state index < -0.39 is 0 Å². The summed E-state index contributed by atoms with van der Waals surface area (Å²) in [5.41, 5.74) is 2.38. The maximum atomic E-state index is 12.8. The van der Waals surface area contributed by atoms with Gasteiger partial charge < -0.3 is 14.5 Å². The highest BCUT2D eigenvalue weighted by Gasteiger charge is 2.30. The van der Waals surface area contributed by atoms with Crippen molar-refractivity contribution in [3.05, 3.63) is 59.7 Å². The summed E-state index contributed by atoms with van der Waals surface area (Å²) in [5, 5.41) is 0. The number of rotatable bonds is 3. The molecule has 2 aromatic carbocycles. The molecule has 0 N–H and O–H groups in total. The lowest BCUT2D eigenvalue weighted by molar-refractivity contribution is -0.133. The van der Waals surface area contributed by atoms with Crippen LogP contribution in [0, 0.1) is 6.92 Å². The average Bonchev–Trinajstić information content (AvgIpc) is 2.76. The second-order valence-electron chi connectivity index (χ2n) is 7.28. The number of hydrogen-bond acceptors (Lipinski definition) is 4. The Bertz CT molecular complexity index is 933. The molecule has 3 amide bonds. The van der Waals surface area contributed by atoms with E-state index in [1.807, 2.05) is 43.3 Å². The number of benzene rings is 2. The van der Waals surface area contributed by atoms with E-state index in [0.717, 1.165) is 5.56 Å². The van der Waals surface area contributed by atoms with Crippen LogP contribution in [0.25, 0.3) is 0 Å². The lowest BCUT2D eigenvalue weighted by Gasteiger charge is -2.36. The van der Waals surface area contributed by atoms with E-state index in [1.54, 1.807) is 21.9 Å². The molecule has 2 aliphatic rings. The van der Waals surface area contributed by atoms with E-state index in [9.17, 15) is 14.4 Å². The van der Waals surface area contributed by atoms with Gasteiger partial charge in [-0.1, -0.05) is 29.8 Å². The fourth-order valence-corrected chi connectivity index (χ4v) is 3.60. The molecular weight excluding hydrogens is 370 g/mol. The molecule has 1 fully saturated rings. The highest BCUT2D eigenvalue weighted by molar-refractivity contribution is 6.02. The number of nitrogens with zero attached hydrogens (tertiary/aromatic N) is 3. The third kappa shape index (κ3) is 3.94. The van der Waals surface area contributed by atoms with Gasteiger partial charge in [0, 0.05) is 31.7 Å². The summed E-state index contributed by atoms with van der Waals surface area (Å²) in [4.78, 5) is 42.7. The van der Waals surface area contributed by atoms with Gasteiger partial charge in [0.2, 0.25) is 5.91 Å². The molecule has 4 rings (SSSR count). The van der Waals surface area contributed by atoms with Gasteiger partial charge in [-0.15, -0.1) is 0 Å². The van der Waals surface area contributed by atoms with Crippen molar-refractivity contribution in [3.8, 4) is 5.75 Å². The van der Waals surface area contributed by atoms with E-state index in [0.29, 0.717) is 43.2 Å². The third-order valence-electron chi connectivity index (χ3n) is 5.32. The number of carbonyl (C=O) groups is 3. The number of para-hydroxylation sites is 2. The molecule has 7 nitrogen and oxygen atoms in total. The number of fused-ring (bicyclic) bond motifs is 1. The van der Waals surface area contributed by atoms with Crippen molar-refractivity contribution in [2.45, 2.75) is 6.92 Å². The molecule has 0 atom stereocenters. The standard InChI is InChI=1S/C22H23N3O4/c1-16-6-8-17(9-7-16)22(28)24-12-10-23(11-13-24)20(26)14-25-18-4-2-3-5-19(18)29-15-21(25)27/h2-9H,10-15H2,1H3. The first-order chi connectivity index (χ1) is 14.0. The van der Waals surface area contributed by atoms with Crippen LogP contribution in [0.15, 0.2) is 48.5 Å². The monoisotopic (exact) mass is 393 g/mol. The van der Waals surface area contributed by atoms with Crippen molar-refractivity contribution in [2.75, 3.05) is 44.2 Å². The van der Waals surface area contributed by atoms with Gasteiger partial charge in [0.25, 0.3) is 11.8 Å². The first-order valence-corrected chi connectivity index (χ1v) is 9.69. The molecule has 7 heteroatoms. The van der Waals surface area contributed by atoms with Gasteiger partial charge >= 0.3 is 0 Å². The summed E-state index contributed by atoms with van der Waals surface area (Å²) in [7, 11) is 0. The minimum atomic E-state index is -0.231. The van der Waals surface area contributed by atoms with Crippen LogP contribution in [0.1, 0.15) is 15.9 Å². The number of amides is 3. The Hall–Kier alpha value is -3.35. The van der Waals surface area contributed by atoms with Crippen LogP contribution < -0.4 is 9.64 Å². The molecule has 0 saturated carbocycles. The van der Waals surface area contributed by atoms with E-state index in [1.165, 1.54) is 4.90 Å². The SMILES string of the molecule is Cc1ccc(C(=O)N2CCN(C(=O)CN3C(=O)COc4ccccc43)CC2)cc1. The van der Waals surface area contributed by atoms with Crippen LogP contribution in [0.4, 0.5) is 5.69 Å². The molecule has 2 aromatic rings. The first kappa shape index (κ1) is 19.0. The summed E-state index contributed by atoms with van der Waals surface area (Å²) in [6.45, 7) is 3.76. The van der Waals surface area contributed by atoms with Crippen molar-refractivity contribution < 1.29 is 19.1 Å². The number of aryl methyl sites for hydroxylation is 1. The number of ether oxygens (including phenoxy) is 1. The van der Waals surface area contributed by atoms with Crippen LogP contribution in [0.5, 0.6) is 5.75 Å². The Morgan fingerprint density at radius 2 is 1.59 bits per heavy atom. The Kier molecular flexibility index (Phi) is 5.20. The summed E-state index contributed by atoms with van der Waals surface area (Å²) in [6, 6.07) is 14.7. The highest BCUT2D eigenvalue weighted by atomic mass is 16.5. The molecule has 1 saturated heterocycles. The molecule has 0 spiro atoms. The minimum Gasteiger partial charge on any atom is -0.482 e. The van der Waals surface area contributed by atoms with E-state index in [4.69, 9.17) is 4.74 Å². The third-order valence-corrected chi connectivity index (χ3v) is 5.32. The average molecular weight is 393 g/mol. The maximum Gasteiger partial charge on any atom is 0.265 e. The smallest absolute Gasteiger partial charge is 0.265 e. The van der Waals surface area contributed by atoms with E-state index in [-0.39, 0.29) is 30.9 Å². The Morgan fingerprint density at radius 1 is 0.931 bits per heavy atom. The molecule has 0 aromatic heterocycles. The summed E-state index contributed by atoms with van der Waals surface area (Å²) in [6.07, 6.45) is 0. The topological polar surface area (TPSA) is 70.2 Å². The largest absolute Gasteiger partial charge is 0.482 e. The van der Waals surface area contributed by atoms with Crippen molar-refractivity contribution >= 4 is 23.4 Å². The normalized spacial score (nSPS) is 16.3.